The van der Waals surface area contributed by atoms with Crippen molar-refractivity contribution in [2.24, 2.45) is 5.41 Å². The van der Waals surface area contributed by atoms with E-state index in [0.717, 1.165) is 6.54 Å². The van der Waals surface area contributed by atoms with Crippen molar-refractivity contribution >= 4 is 6.20 Å². The molecule has 1 aromatic heterocycles. The second-order valence-electron chi connectivity index (χ2n) is 5.68. The van der Waals surface area contributed by atoms with Crippen LogP contribution in [0, 0.1) is 5.41 Å². The van der Waals surface area contributed by atoms with Gasteiger partial charge >= 0.3 is 0 Å². The maximum atomic E-state index is 4.19. The van der Waals surface area contributed by atoms with Crippen LogP contribution in [0.4, 0.5) is 0 Å². The third-order valence-electron chi connectivity index (χ3n) is 3.90. The van der Waals surface area contributed by atoms with Gasteiger partial charge in [0.15, 0.2) is 0 Å². The van der Waals surface area contributed by atoms with Gasteiger partial charge in [0.1, 0.15) is 0 Å². The zero-order chi connectivity index (χ0) is 12.3. The molecule has 1 aliphatic rings. The number of nitrogens with one attached hydrogen (secondary N) is 1. The number of hydrogen-bond acceptors (Lipinski definition) is 2. The lowest BCUT2D eigenvalue weighted by Crippen LogP contribution is -2.43. The molecule has 0 saturated heterocycles. The number of aromatic nitrogens is 2. The fourth-order valence-corrected chi connectivity index (χ4v) is 2.68. The highest BCUT2D eigenvalue weighted by Crippen LogP contribution is 2.35. The molecule has 0 spiro atoms. The van der Waals surface area contributed by atoms with Gasteiger partial charge in [0, 0.05) is 30.5 Å². The Bertz CT molecular complexity index is 379. The molecule has 1 N–H and O–H groups in total. The predicted octanol–water partition coefficient (Wildman–Crippen LogP) is 3.04. The maximum absolute atomic E-state index is 4.19. The average Bonchev–Trinajstić information content (AvgIpc) is 2.75. The van der Waals surface area contributed by atoms with Gasteiger partial charge in [-0.1, -0.05) is 33.3 Å². The molecule has 0 aromatic carbocycles. The van der Waals surface area contributed by atoms with Gasteiger partial charge in [0.25, 0.3) is 0 Å². The molecule has 1 aromatic rings. The van der Waals surface area contributed by atoms with Crippen LogP contribution in [-0.2, 0) is 6.54 Å². The first-order chi connectivity index (χ1) is 8.12. The Morgan fingerprint density at radius 3 is 3.06 bits per heavy atom. The Kier molecular flexibility index (Phi) is 3.67. The van der Waals surface area contributed by atoms with Gasteiger partial charge in [-0.3, -0.25) is 0 Å². The zero-order valence-corrected chi connectivity index (χ0v) is 10.9. The monoisotopic (exact) mass is 233 g/mol. The molecule has 3 nitrogen and oxygen atoms in total. The largest absolute Gasteiger partial charge is 0.309 e. The summed E-state index contributed by atoms with van der Waals surface area (Å²) in [7, 11) is 0. The summed E-state index contributed by atoms with van der Waals surface area (Å²) in [5.41, 5.74) is 1.65. The van der Waals surface area contributed by atoms with Crippen LogP contribution in [0.1, 0.15) is 45.1 Å². The van der Waals surface area contributed by atoms with Crippen molar-refractivity contribution in [3.63, 3.8) is 0 Å². The summed E-state index contributed by atoms with van der Waals surface area (Å²) in [5, 5.41) is 7.87. The van der Waals surface area contributed by atoms with Crippen LogP contribution < -0.4 is 5.32 Å². The van der Waals surface area contributed by atoms with Crippen LogP contribution >= 0.6 is 0 Å². The molecular formula is C14H23N3. The van der Waals surface area contributed by atoms with E-state index < -0.39 is 0 Å². The fraction of sp³-hybridized carbons (Fsp3) is 0.643. The molecule has 1 atom stereocenters. The van der Waals surface area contributed by atoms with Gasteiger partial charge in [-0.25, -0.2) is 4.68 Å². The van der Waals surface area contributed by atoms with E-state index >= 15 is 0 Å². The summed E-state index contributed by atoms with van der Waals surface area (Å²) < 4.78 is 1.75. The average molecular weight is 233 g/mol. The van der Waals surface area contributed by atoms with Crippen LogP contribution in [0.3, 0.4) is 0 Å². The molecular weight excluding hydrogens is 210 g/mol. The molecule has 94 valence electrons. The lowest BCUT2D eigenvalue weighted by atomic mass is 9.73. The highest BCUT2D eigenvalue weighted by molar-refractivity contribution is 5.17. The van der Waals surface area contributed by atoms with Crippen molar-refractivity contribution in [1.29, 1.82) is 0 Å². The third kappa shape index (κ3) is 2.97. The van der Waals surface area contributed by atoms with Crippen molar-refractivity contribution < 1.29 is 0 Å². The molecule has 1 unspecified atom stereocenters. The molecule has 0 aliphatic heterocycles. The SMILES string of the molecule is C=Cn1cc(CNC2CCCCC2(C)C)cn1. The number of rotatable bonds is 4. The summed E-state index contributed by atoms with van der Waals surface area (Å²) in [4.78, 5) is 0. The first kappa shape index (κ1) is 12.4. The topological polar surface area (TPSA) is 29.9 Å². The third-order valence-corrected chi connectivity index (χ3v) is 3.90. The van der Waals surface area contributed by atoms with E-state index in [1.54, 1.807) is 10.9 Å². The highest BCUT2D eigenvalue weighted by Gasteiger charge is 2.31. The summed E-state index contributed by atoms with van der Waals surface area (Å²) in [6.07, 6.45) is 11.0. The van der Waals surface area contributed by atoms with E-state index in [1.165, 1.54) is 31.2 Å². The molecule has 2 rings (SSSR count). The van der Waals surface area contributed by atoms with Crippen LogP contribution in [0.2, 0.25) is 0 Å². The minimum atomic E-state index is 0.423. The maximum Gasteiger partial charge on any atom is 0.0538 e. The van der Waals surface area contributed by atoms with Gasteiger partial charge in [-0.15, -0.1) is 0 Å². The predicted molar refractivity (Wildman–Crippen MR) is 71.5 cm³/mol. The van der Waals surface area contributed by atoms with Crippen molar-refractivity contribution in [3.8, 4) is 0 Å². The smallest absolute Gasteiger partial charge is 0.0538 e. The molecule has 0 amide bonds. The standard InChI is InChI=1S/C14H23N3/c1-4-17-11-12(10-16-17)9-15-13-7-5-6-8-14(13,2)3/h4,10-11,13,15H,1,5-9H2,2-3H3. The van der Waals surface area contributed by atoms with Crippen LogP contribution in [-0.4, -0.2) is 15.8 Å². The van der Waals surface area contributed by atoms with Crippen molar-refractivity contribution in [2.75, 3.05) is 0 Å². The molecule has 17 heavy (non-hydrogen) atoms. The molecule has 0 radical (unpaired) electrons. The Hall–Kier alpha value is -1.09. The van der Waals surface area contributed by atoms with Gasteiger partial charge in [-0.05, 0) is 18.3 Å². The summed E-state index contributed by atoms with van der Waals surface area (Å²) in [5.74, 6) is 0. The van der Waals surface area contributed by atoms with E-state index in [9.17, 15) is 0 Å². The Morgan fingerprint density at radius 2 is 2.41 bits per heavy atom. The summed E-state index contributed by atoms with van der Waals surface area (Å²) in [6, 6.07) is 0.628. The van der Waals surface area contributed by atoms with Crippen LogP contribution in [0.15, 0.2) is 19.0 Å². The number of nitrogens with zero attached hydrogens (tertiary/aromatic N) is 2. The minimum Gasteiger partial charge on any atom is -0.309 e. The zero-order valence-electron chi connectivity index (χ0n) is 10.9. The van der Waals surface area contributed by atoms with Crippen molar-refractivity contribution in [2.45, 2.75) is 52.1 Å². The number of hydrogen-bond donors (Lipinski definition) is 1. The first-order valence-corrected chi connectivity index (χ1v) is 6.51. The molecule has 1 fully saturated rings. The Morgan fingerprint density at radius 1 is 1.59 bits per heavy atom. The van der Waals surface area contributed by atoms with Crippen molar-refractivity contribution in [3.05, 3.63) is 24.5 Å². The molecule has 0 bridgehead atoms. The molecule has 1 saturated carbocycles. The lowest BCUT2D eigenvalue weighted by Gasteiger charge is -2.39. The highest BCUT2D eigenvalue weighted by atomic mass is 15.2. The Balaban J connectivity index is 1.90. The summed E-state index contributed by atoms with van der Waals surface area (Å²) >= 11 is 0. The quantitative estimate of drug-likeness (QED) is 0.866. The normalized spacial score (nSPS) is 23.5. The Labute approximate surface area is 104 Å². The second-order valence-corrected chi connectivity index (χ2v) is 5.68. The van der Waals surface area contributed by atoms with Crippen molar-refractivity contribution in [1.82, 2.24) is 15.1 Å². The van der Waals surface area contributed by atoms with Crippen LogP contribution in [0.25, 0.3) is 6.20 Å². The van der Waals surface area contributed by atoms with Gasteiger partial charge in [-0.2, -0.15) is 5.10 Å². The van der Waals surface area contributed by atoms with E-state index in [-0.39, 0.29) is 0 Å². The first-order valence-electron chi connectivity index (χ1n) is 6.51. The fourth-order valence-electron chi connectivity index (χ4n) is 2.68. The van der Waals surface area contributed by atoms with E-state index in [1.807, 2.05) is 12.4 Å². The molecule has 3 heteroatoms. The summed E-state index contributed by atoms with van der Waals surface area (Å²) in [6.45, 7) is 9.35. The van der Waals surface area contributed by atoms with Crippen LogP contribution in [0.5, 0.6) is 0 Å². The van der Waals surface area contributed by atoms with Gasteiger partial charge in [0.2, 0.25) is 0 Å². The second kappa shape index (κ2) is 5.05. The molecule has 1 heterocycles. The lowest BCUT2D eigenvalue weighted by molar-refractivity contribution is 0.167. The van der Waals surface area contributed by atoms with Gasteiger partial charge in [0.05, 0.1) is 6.20 Å². The molecule has 1 aliphatic carbocycles. The van der Waals surface area contributed by atoms with Gasteiger partial charge < -0.3 is 5.32 Å². The minimum absolute atomic E-state index is 0.423. The van der Waals surface area contributed by atoms with E-state index in [0.29, 0.717) is 11.5 Å². The van der Waals surface area contributed by atoms with E-state index in [4.69, 9.17) is 0 Å². The van der Waals surface area contributed by atoms with E-state index in [2.05, 4.69) is 30.8 Å².